The fourth-order valence-corrected chi connectivity index (χ4v) is 3.29. The van der Waals surface area contributed by atoms with Gasteiger partial charge in [0.1, 0.15) is 5.52 Å². The first kappa shape index (κ1) is 14.3. The molecule has 0 aromatic carbocycles. The fraction of sp³-hybridized carbons (Fsp3) is 0.308. The first-order valence-electron chi connectivity index (χ1n) is 6.68. The third-order valence-electron chi connectivity index (χ3n) is 2.87. The molecule has 3 heterocycles. The Morgan fingerprint density at radius 2 is 2.24 bits per heavy atom. The number of halogens is 1. The van der Waals surface area contributed by atoms with Crippen LogP contribution in [-0.2, 0) is 6.54 Å². The van der Waals surface area contributed by atoms with E-state index in [0.717, 1.165) is 28.8 Å². The number of fused-ring (bicyclic) bond motifs is 1. The molecule has 0 atom stereocenters. The molecule has 8 heteroatoms. The lowest BCUT2D eigenvalue weighted by molar-refractivity contribution is 0.954. The zero-order valence-electron chi connectivity index (χ0n) is 11.5. The molecule has 0 aliphatic rings. The van der Waals surface area contributed by atoms with Gasteiger partial charge in [-0.3, -0.25) is 0 Å². The van der Waals surface area contributed by atoms with E-state index >= 15 is 0 Å². The zero-order valence-corrected chi connectivity index (χ0v) is 13.9. The van der Waals surface area contributed by atoms with Crippen LogP contribution in [0, 0.1) is 0 Å². The van der Waals surface area contributed by atoms with Crippen LogP contribution in [-0.4, -0.2) is 26.5 Å². The summed E-state index contributed by atoms with van der Waals surface area (Å²) in [4.78, 5) is 17.4. The van der Waals surface area contributed by atoms with Crippen LogP contribution in [0.15, 0.2) is 22.2 Å². The maximum absolute atomic E-state index is 4.52. The Balaban J connectivity index is 1.83. The Bertz CT molecular complexity index is 737. The first-order valence-corrected chi connectivity index (χ1v) is 8.35. The van der Waals surface area contributed by atoms with Gasteiger partial charge in [0.05, 0.1) is 12.9 Å². The Morgan fingerprint density at radius 3 is 3.00 bits per heavy atom. The van der Waals surface area contributed by atoms with Crippen LogP contribution in [0.5, 0.6) is 0 Å². The molecule has 0 bridgehead atoms. The van der Waals surface area contributed by atoms with E-state index in [0.29, 0.717) is 18.1 Å². The molecule has 6 nitrogen and oxygen atoms in total. The summed E-state index contributed by atoms with van der Waals surface area (Å²) in [5.74, 6) is 1.37. The molecule has 0 aliphatic heterocycles. The normalized spacial score (nSPS) is 11.0. The summed E-state index contributed by atoms with van der Waals surface area (Å²) in [6.45, 7) is 3.66. The second kappa shape index (κ2) is 6.40. The number of H-pyrrole nitrogens is 1. The molecular weight excluding hydrogens is 352 g/mol. The molecule has 0 saturated heterocycles. The summed E-state index contributed by atoms with van der Waals surface area (Å²) in [5.41, 5.74) is 1.49. The van der Waals surface area contributed by atoms with Crippen LogP contribution in [0.1, 0.15) is 18.2 Å². The molecule has 110 valence electrons. The number of nitrogens with one attached hydrogen (secondary N) is 3. The fourth-order valence-electron chi connectivity index (χ4n) is 1.89. The van der Waals surface area contributed by atoms with Crippen molar-refractivity contribution < 1.29 is 0 Å². The van der Waals surface area contributed by atoms with Crippen molar-refractivity contribution in [1.29, 1.82) is 0 Å². The van der Waals surface area contributed by atoms with Crippen molar-refractivity contribution in [2.45, 2.75) is 19.9 Å². The van der Waals surface area contributed by atoms with E-state index in [1.807, 2.05) is 0 Å². The minimum absolute atomic E-state index is 0.603. The van der Waals surface area contributed by atoms with Gasteiger partial charge in [0, 0.05) is 21.3 Å². The molecular formula is C13H15BrN6S. The second-order valence-electron chi connectivity index (χ2n) is 4.51. The Kier molecular flexibility index (Phi) is 4.35. The Morgan fingerprint density at radius 1 is 1.33 bits per heavy atom. The summed E-state index contributed by atoms with van der Waals surface area (Å²) in [7, 11) is 0. The highest BCUT2D eigenvalue weighted by atomic mass is 79.9. The number of rotatable bonds is 6. The molecule has 21 heavy (non-hydrogen) atoms. The van der Waals surface area contributed by atoms with Crippen molar-refractivity contribution in [2.24, 2.45) is 0 Å². The number of imidazole rings is 1. The molecule has 0 aliphatic carbocycles. The average Bonchev–Trinajstić information content (AvgIpc) is 3.11. The topological polar surface area (TPSA) is 78.5 Å². The zero-order chi connectivity index (χ0) is 14.7. The Hall–Kier alpha value is -1.67. The highest BCUT2D eigenvalue weighted by Gasteiger charge is 2.10. The van der Waals surface area contributed by atoms with Crippen molar-refractivity contribution in [3.05, 3.63) is 27.1 Å². The van der Waals surface area contributed by atoms with E-state index in [1.54, 1.807) is 17.7 Å². The van der Waals surface area contributed by atoms with Crippen LogP contribution in [0.25, 0.3) is 11.2 Å². The molecule has 3 rings (SSSR count). The lowest BCUT2D eigenvalue weighted by atomic mass is 10.4. The van der Waals surface area contributed by atoms with Crippen LogP contribution in [0.4, 0.5) is 11.8 Å². The van der Waals surface area contributed by atoms with Gasteiger partial charge >= 0.3 is 0 Å². The summed E-state index contributed by atoms with van der Waals surface area (Å²) < 4.78 is 1.10. The van der Waals surface area contributed by atoms with Crippen molar-refractivity contribution in [2.75, 3.05) is 17.2 Å². The van der Waals surface area contributed by atoms with E-state index in [9.17, 15) is 0 Å². The van der Waals surface area contributed by atoms with Gasteiger partial charge in [-0.15, -0.1) is 11.3 Å². The third-order valence-corrected chi connectivity index (χ3v) is 4.57. The first-order chi connectivity index (χ1) is 10.3. The molecule has 0 unspecified atom stereocenters. The average molecular weight is 367 g/mol. The quantitative estimate of drug-likeness (QED) is 0.620. The Labute approximate surface area is 134 Å². The number of nitrogens with zero attached hydrogens (tertiary/aromatic N) is 3. The number of anilines is 2. The SMILES string of the molecule is CCCNc1nc(NCc2cc(Br)cs2)c2[nH]cnc2n1. The largest absolute Gasteiger partial charge is 0.363 e. The van der Waals surface area contributed by atoms with Crippen LogP contribution >= 0.6 is 27.3 Å². The maximum Gasteiger partial charge on any atom is 0.226 e. The molecule has 3 aromatic rings. The maximum atomic E-state index is 4.52. The number of thiophene rings is 1. The van der Waals surface area contributed by atoms with Gasteiger partial charge in [-0.1, -0.05) is 6.92 Å². The standard InChI is InChI=1S/C13H15BrN6S/c1-2-3-15-13-19-11(10-12(20-13)18-7-17-10)16-5-9-4-8(14)6-21-9/h4,6-7H,2-3,5H2,1H3,(H3,15,16,17,18,19,20). The number of hydrogen-bond acceptors (Lipinski definition) is 6. The van der Waals surface area contributed by atoms with Crippen molar-refractivity contribution in [3.8, 4) is 0 Å². The predicted molar refractivity (Wildman–Crippen MR) is 89.8 cm³/mol. The van der Waals surface area contributed by atoms with E-state index in [2.05, 4.69) is 64.9 Å². The smallest absolute Gasteiger partial charge is 0.226 e. The van der Waals surface area contributed by atoms with E-state index < -0.39 is 0 Å². The minimum atomic E-state index is 0.603. The van der Waals surface area contributed by atoms with E-state index in [1.165, 1.54) is 4.88 Å². The van der Waals surface area contributed by atoms with Gasteiger partial charge in [0.2, 0.25) is 5.95 Å². The highest BCUT2D eigenvalue weighted by Crippen LogP contribution is 2.23. The molecule has 0 saturated carbocycles. The summed E-state index contributed by atoms with van der Waals surface area (Å²) in [6.07, 6.45) is 2.66. The molecule has 3 N–H and O–H groups in total. The van der Waals surface area contributed by atoms with E-state index in [4.69, 9.17) is 0 Å². The summed E-state index contributed by atoms with van der Waals surface area (Å²) >= 11 is 5.16. The van der Waals surface area contributed by atoms with Gasteiger partial charge in [-0.05, 0) is 28.4 Å². The minimum Gasteiger partial charge on any atom is -0.363 e. The lowest BCUT2D eigenvalue weighted by Gasteiger charge is -2.08. The molecule has 0 amide bonds. The number of hydrogen-bond donors (Lipinski definition) is 3. The summed E-state index contributed by atoms with van der Waals surface area (Å²) in [6, 6.07) is 2.10. The van der Waals surface area contributed by atoms with Crippen LogP contribution < -0.4 is 10.6 Å². The van der Waals surface area contributed by atoms with Crippen molar-refractivity contribution in [1.82, 2.24) is 19.9 Å². The molecule has 0 radical (unpaired) electrons. The monoisotopic (exact) mass is 366 g/mol. The van der Waals surface area contributed by atoms with Crippen LogP contribution in [0.3, 0.4) is 0 Å². The second-order valence-corrected chi connectivity index (χ2v) is 6.42. The predicted octanol–water partition coefficient (Wildman–Crippen LogP) is 3.61. The number of aromatic nitrogens is 4. The third kappa shape index (κ3) is 3.33. The molecule has 0 fully saturated rings. The lowest BCUT2D eigenvalue weighted by Crippen LogP contribution is -2.08. The van der Waals surface area contributed by atoms with Gasteiger partial charge in [-0.25, -0.2) is 4.98 Å². The van der Waals surface area contributed by atoms with Gasteiger partial charge in [-0.2, -0.15) is 9.97 Å². The van der Waals surface area contributed by atoms with E-state index in [-0.39, 0.29) is 0 Å². The molecule has 0 spiro atoms. The number of aromatic amines is 1. The van der Waals surface area contributed by atoms with Gasteiger partial charge < -0.3 is 15.6 Å². The highest BCUT2D eigenvalue weighted by molar-refractivity contribution is 9.10. The summed E-state index contributed by atoms with van der Waals surface area (Å²) in [5, 5.41) is 8.61. The van der Waals surface area contributed by atoms with Gasteiger partial charge in [0.15, 0.2) is 11.5 Å². The van der Waals surface area contributed by atoms with Gasteiger partial charge in [0.25, 0.3) is 0 Å². The van der Waals surface area contributed by atoms with Crippen molar-refractivity contribution in [3.63, 3.8) is 0 Å². The molecule has 3 aromatic heterocycles. The van der Waals surface area contributed by atoms with Crippen LogP contribution in [0.2, 0.25) is 0 Å². The van der Waals surface area contributed by atoms with Crippen molar-refractivity contribution >= 4 is 50.2 Å².